The van der Waals surface area contributed by atoms with Gasteiger partial charge in [0.25, 0.3) is 5.56 Å². The number of hydrogen-bond acceptors (Lipinski definition) is 4. The second kappa shape index (κ2) is 6.85. The average Bonchev–Trinajstić information content (AvgIpc) is 3.00. The lowest BCUT2D eigenvalue weighted by Gasteiger charge is -2.13. The van der Waals surface area contributed by atoms with Crippen LogP contribution in [0.3, 0.4) is 0 Å². The molecular formula is C15H18N4O4S. The molecule has 2 heterocycles. The zero-order valence-electron chi connectivity index (χ0n) is 13.4. The summed E-state index contributed by atoms with van der Waals surface area (Å²) in [5.74, 6) is 0.593. The lowest BCUT2D eigenvalue weighted by Crippen LogP contribution is -2.18. The highest BCUT2D eigenvalue weighted by Crippen LogP contribution is 2.30. The monoisotopic (exact) mass is 350 g/mol. The van der Waals surface area contributed by atoms with Crippen molar-refractivity contribution < 1.29 is 14.4 Å². The Labute approximate surface area is 140 Å². The van der Waals surface area contributed by atoms with Gasteiger partial charge in [-0.25, -0.2) is 9.19 Å². The lowest BCUT2D eigenvalue weighted by atomic mass is 10.1. The number of aromatic nitrogens is 3. The Hall–Kier alpha value is -2.65. The minimum atomic E-state index is -1.22. The number of nitrogens with zero attached hydrogens (tertiary/aromatic N) is 3. The third-order valence-electron chi connectivity index (χ3n) is 3.50. The minimum absolute atomic E-state index is 0. The summed E-state index contributed by atoms with van der Waals surface area (Å²) >= 11 is 0. The summed E-state index contributed by atoms with van der Waals surface area (Å²) in [6, 6.07) is 5.50. The topological polar surface area (TPSA) is 109 Å². The van der Waals surface area contributed by atoms with Gasteiger partial charge in [0.2, 0.25) is 0 Å². The van der Waals surface area contributed by atoms with Gasteiger partial charge in [0, 0.05) is 25.1 Å². The largest absolute Gasteiger partial charge is 0.495 e. The first-order chi connectivity index (χ1) is 11.0. The number of fused-ring (bicyclic) bond motifs is 1. The first kappa shape index (κ1) is 17.7. The fourth-order valence-electron chi connectivity index (χ4n) is 2.45. The predicted molar refractivity (Wildman–Crippen MR) is 93.7 cm³/mol. The van der Waals surface area contributed by atoms with E-state index in [1.54, 1.807) is 43.4 Å². The third kappa shape index (κ3) is 3.03. The van der Waals surface area contributed by atoms with Crippen molar-refractivity contribution in [2.75, 3.05) is 18.1 Å². The molecule has 0 saturated carbocycles. The van der Waals surface area contributed by atoms with Crippen molar-refractivity contribution in [3.8, 4) is 17.0 Å². The van der Waals surface area contributed by atoms with E-state index in [9.17, 15) is 9.00 Å². The van der Waals surface area contributed by atoms with Gasteiger partial charge >= 0.3 is 0 Å². The number of aryl methyl sites for hydroxylation is 1. The van der Waals surface area contributed by atoms with Crippen LogP contribution in [0.15, 0.2) is 41.7 Å². The van der Waals surface area contributed by atoms with Crippen molar-refractivity contribution in [2.45, 2.75) is 0 Å². The Morgan fingerprint density at radius 1 is 1.33 bits per heavy atom. The first-order valence-electron chi connectivity index (χ1n) is 6.81. The highest BCUT2D eigenvalue weighted by atomic mass is 32.2. The lowest BCUT2D eigenvalue weighted by molar-refractivity contribution is 0.417. The highest BCUT2D eigenvalue weighted by Gasteiger charge is 2.12. The van der Waals surface area contributed by atoms with E-state index in [0.29, 0.717) is 17.0 Å². The number of hydrogen-bond donors (Lipinski definition) is 1. The summed E-state index contributed by atoms with van der Waals surface area (Å²) in [6.07, 6.45) is 6.43. The van der Waals surface area contributed by atoms with E-state index in [1.165, 1.54) is 10.8 Å². The maximum atomic E-state index is 12.1. The van der Waals surface area contributed by atoms with Crippen molar-refractivity contribution >= 4 is 22.2 Å². The first-order valence-corrected chi connectivity index (χ1v) is 8.37. The summed E-state index contributed by atoms with van der Waals surface area (Å²) in [6.45, 7) is 0. The number of ether oxygens (including phenoxy) is 1. The summed E-state index contributed by atoms with van der Waals surface area (Å²) in [7, 11) is 2.03. The SMILES string of the molecule is COc1ccc(-c2cn(C)c(=O)c3cncn23)cc1NS(C)=O.O. The smallest absolute Gasteiger partial charge is 0.276 e. The van der Waals surface area contributed by atoms with Crippen molar-refractivity contribution in [1.82, 2.24) is 14.0 Å². The average molecular weight is 350 g/mol. The molecule has 9 heteroatoms. The van der Waals surface area contributed by atoms with Crippen LogP contribution in [0, 0.1) is 0 Å². The Balaban J connectivity index is 0.00000208. The molecule has 3 rings (SSSR count). The van der Waals surface area contributed by atoms with E-state index in [4.69, 9.17) is 4.74 Å². The summed E-state index contributed by atoms with van der Waals surface area (Å²) in [5.41, 5.74) is 2.64. The molecule has 8 nitrogen and oxygen atoms in total. The molecule has 3 aromatic rings. The van der Waals surface area contributed by atoms with E-state index in [-0.39, 0.29) is 11.0 Å². The Morgan fingerprint density at radius 3 is 2.75 bits per heavy atom. The highest BCUT2D eigenvalue weighted by molar-refractivity contribution is 7.85. The van der Waals surface area contributed by atoms with Crippen molar-refractivity contribution in [1.29, 1.82) is 0 Å². The number of benzene rings is 1. The molecule has 1 unspecified atom stereocenters. The van der Waals surface area contributed by atoms with E-state index in [2.05, 4.69) is 9.71 Å². The quantitative estimate of drug-likeness (QED) is 0.742. The molecule has 0 aliphatic rings. The second-order valence-corrected chi connectivity index (χ2v) is 6.16. The van der Waals surface area contributed by atoms with Crippen LogP contribution in [0.2, 0.25) is 0 Å². The molecule has 0 saturated heterocycles. The Kier molecular flexibility index (Phi) is 5.05. The van der Waals surface area contributed by atoms with Crippen LogP contribution in [0.5, 0.6) is 5.75 Å². The number of imidazole rings is 1. The van der Waals surface area contributed by atoms with Gasteiger partial charge < -0.3 is 19.5 Å². The normalized spacial score (nSPS) is 11.8. The van der Waals surface area contributed by atoms with Crippen LogP contribution in [-0.4, -0.2) is 37.0 Å². The van der Waals surface area contributed by atoms with Gasteiger partial charge in [-0.1, -0.05) is 0 Å². The molecule has 0 amide bonds. The maximum Gasteiger partial charge on any atom is 0.276 e. The second-order valence-electron chi connectivity index (χ2n) is 5.05. The molecule has 0 bridgehead atoms. The van der Waals surface area contributed by atoms with Gasteiger partial charge in [-0.2, -0.15) is 0 Å². The number of nitrogens with one attached hydrogen (secondary N) is 1. The molecular weight excluding hydrogens is 332 g/mol. The molecule has 0 aliphatic carbocycles. The third-order valence-corrected chi connectivity index (χ3v) is 4.01. The minimum Gasteiger partial charge on any atom is -0.495 e. The van der Waals surface area contributed by atoms with Crippen molar-refractivity contribution in [2.24, 2.45) is 7.05 Å². The van der Waals surface area contributed by atoms with Gasteiger partial charge in [-0.15, -0.1) is 0 Å². The van der Waals surface area contributed by atoms with Gasteiger partial charge in [-0.05, 0) is 18.2 Å². The van der Waals surface area contributed by atoms with Crippen LogP contribution in [0.4, 0.5) is 5.69 Å². The van der Waals surface area contributed by atoms with Crippen molar-refractivity contribution in [3.63, 3.8) is 0 Å². The maximum absolute atomic E-state index is 12.1. The number of methoxy groups -OCH3 is 1. The summed E-state index contributed by atoms with van der Waals surface area (Å²) in [4.78, 5) is 16.2. The molecule has 0 fully saturated rings. The van der Waals surface area contributed by atoms with Gasteiger partial charge in [0.05, 0.1) is 31.0 Å². The van der Waals surface area contributed by atoms with Gasteiger partial charge in [-0.3, -0.25) is 9.20 Å². The van der Waals surface area contributed by atoms with E-state index in [1.807, 2.05) is 12.1 Å². The number of rotatable bonds is 4. The molecule has 128 valence electrons. The fraction of sp³-hybridized carbons (Fsp3) is 0.200. The zero-order valence-corrected chi connectivity index (χ0v) is 14.3. The van der Waals surface area contributed by atoms with Gasteiger partial charge in [0.15, 0.2) is 0 Å². The van der Waals surface area contributed by atoms with E-state index >= 15 is 0 Å². The van der Waals surface area contributed by atoms with Crippen LogP contribution in [0.1, 0.15) is 0 Å². The van der Waals surface area contributed by atoms with Crippen LogP contribution in [-0.2, 0) is 18.0 Å². The van der Waals surface area contributed by atoms with Crippen LogP contribution in [0.25, 0.3) is 16.8 Å². The number of anilines is 1. The molecule has 0 aliphatic heterocycles. The fourth-order valence-corrected chi connectivity index (χ4v) is 2.91. The van der Waals surface area contributed by atoms with Crippen LogP contribution >= 0.6 is 0 Å². The summed E-state index contributed by atoms with van der Waals surface area (Å²) < 4.78 is 22.9. The zero-order chi connectivity index (χ0) is 16.6. The van der Waals surface area contributed by atoms with Crippen molar-refractivity contribution in [3.05, 3.63) is 47.3 Å². The molecule has 24 heavy (non-hydrogen) atoms. The van der Waals surface area contributed by atoms with E-state index in [0.717, 1.165) is 11.3 Å². The Morgan fingerprint density at radius 2 is 2.08 bits per heavy atom. The van der Waals surface area contributed by atoms with E-state index < -0.39 is 11.0 Å². The molecule has 1 atom stereocenters. The van der Waals surface area contributed by atoms with Gasteiger partial charge in [0.1, 0.15) is 22.3 Å². The molecule has 3 N–H and O–H groups in total. The Bertz CT molecular complexity index is 964. The molecule has 0 radical (unpaired) electrons. The molecule has 2 aromatic heterocycles. The molecule has 0 spiro atoms. The standard InChI is InChI=1S/C15H16N4O3S.H2O/c1-18-8-13(19-9-16-7-12(19)15(18)20)10-4-5-14(22-2)11(6-10)17-23(3)21;/h4-9,17H,1-3H3;1H2. The van der Waals surface area contributed by atoms with Crippen LogP contribution < -0.4 is 15.0 Å². The molecule has 1 aromatic carbocycles. The predicted octanol–water partition coefficient (Wildman–Crippen LogP) is 0.589. The summed E-state index contributed by atoms with van der Waals surface area (Å²) in [5, 5.41) is 0.